The second-order valence-corrected chi connectivity index (χ2v) is 3.16. The van der Waals surface area contributed by atoms with Gasteiger partial charge in [0.1, 0.15) is 17.3 Å². The summed E-state index contributed by atoms with van der Waals surface area (Å²) in [7, 11) is 0. The van der Waals surface area contributed by atoms with Gasteiger partial charge in [0.15, 0.2) is 6.29 Å². The predicted molar refractivity (Wildman–Crippen MR) is 53.6 cm³/mol. The van der Waals surface area contributed by atoms with Crippen molar-refractivity contribution in [3.63, 3.8) is 0 Å². The molecule has 4 heteroatoms. The number of nitrogens with zero attached hydrogens (tertiary/aromatic N) is 2. The fraction of sp³-hybridized carbons (Fsp3) is 0.0909. The predicted octanol–water partition coefficient (Wildman–Crippen LogP) is 2.13. The minimum atomic E-state index is -0.302. The van der Waals surface area contributed by atoms with Crippen LogP contribution in [0.4, 0.5) is 4.39 Å². The van der Waals surface area contributed by atoms with Crippen molar-refractivity contribution in [2.24, 2.45) is 0 Å². The second kappa shape index (κ2) is 3.65. The topological polar surface area (TPSA) is 34.9 Å². The van der Waals surface area contributed by atoms with Crippen molar-refractivity contribution in [2.75, 3.05) is 0 Å². The highest BCUT2D eigenvalue weighted by Crippen LogP contribution is 2.13. The Kier molecular flexibility index (Phi) is 2.33. The minimum Gasteiger partial charge on any atom is -0.296 e. The molecule has 0 bridgehead atoms. The van der Waals surface area contributed by atoms with E-state index in [4.69, 9.17) is 0 Å². The highest BCUT2D eigenvalue weighted by molar-refractivity contribution is 5.73. The van der Waals surface area contributed by atoms with Crippen LogP contribution in [0, 0.1) is 12.7 Å². The molecule has 1 aromatic heterocycles. The maximum atomic E-state index is 12.7. The molecule has 0 saturated heterocycles. The summed E-state index contributed by atoms with van der Waals surface area (Å²) in [6.45, 7) is 1.79. The molecule has 0 spiro atoms. The number of hydrogen-bond acceptors (Lipinski definition) is 2. The molecule has 3 nitrogen and oxygen atoms in total. The van der Waals surface area contributed by atoms with Gasteiger partial charge < -0.3 is 0 Å². The third-order valence-corrected chi connectivity index (χ3v) is 2.17. The molecule has 0 radical (unpaired) electrons. The molecule has 15 heavy (non-hydrogen) atoms. The third-order valence-electron chi connectivity index (χ3n) is 2.17. The number of carbonyl (C=O) groups is 1. The van der Waals surface area contributed by atoms with E-state index in [1.807, 2.05) is 0 Å². The fourth-order valence-corrected chi connectivity index (χ4v) is 1.47. The molecule has 1 heterocycles. The maximum Gasteiger partial charge on any atom is 0.168 e. The maximum absolute atomic E-state index is 12.7. The van der Waals surface area contributed by atoms with Gasteiger partial charge in [0.25, 0.3) is 0 Å². The molecule has 76 valence electrons. The van der Waals surface area contributed by atoms with Gasteiger partial charge in [0.05, 0.1) is 6.20 Å². The van der Waals surface area contributed by atoms with Crippen LogP contribution in [0.1, 0.15) is 16.3 Å². The van der Waals surface area contributed by atoms with E-state index in [-0.39, 0.29) is 5.82 Å². The Hall–Kier alpha value is -1.97. The molecular formula is C11H9FN2O. The first-order chi connectivity index (χ1) is 7.22. The summed E-state index contributed by atoms with van der Waals surface area (Å²) in [5.41, 5.74) is 1.19. The van der Waals surface area contributed by atoms with E-state index in [0.29, 0.717) is 11.5 Å². The van der Waals surface area contributed by atoms with E-state index in [0.717, 1.165) is 12.0 Å². The number of benzene rings is 1. The summed E-state index contributed by atoms with van der Waals surface area (Å²) < 4.78 is 14.4. The zero-order valence-electron chi connectivity index (χ0n) is 8.14. The van der Waals surface area contributed by atoms with Crippen LogP contribution >= 0.6 is 0 Å². The average Bonchev–Trinajstić information content (AvgIpc) is 2.61. The van der Waals surface area contributed by atoms with E-state index < -0.39 is 0 Å². The highest BCUT2D eigenvalue weighted by Gasteiger charge is 2.07. The lowest BCUT2D eigenvalue weighted by Gasteiger charge is -2.06. The van der Waals surface area contributed by atoms with Crippen molar-refractivity contribution < 1.29 is 9.18 Å². The van der Waals surface area contributed by atoms with Crippen LogP contribution in [0.25, 0.3) is 5.69 Å². The second-order valence-electron chi connectivity index (χ2n) is 3.16. The summed E-state index contributed by atoms with van der Waals surface area (Å²) in [6, 6.07) is 5.92. The molecule has 0 saturated carbocycles. The van der Waals surface area contributed by atoms with Crippen LogP contribution in [-0.4, -0.2) is 15.8 Å². The van der Waals surface area contributed by atoms with Crippen molar-refractivity contribution in [3.8, 4) is 5.69 Å². The van der Waals surface area contributed by atoms with Crippen LogP contribution in [0.2, 0.25) is 0 Å². The van der Waals surface area contributed by atoms with E-state index in [9.17, 15) is 9.18 Å². The summed E-state index contributed by atoms with van der Waals surface area (Å²) in [5, 5.41) is 0. The SMILES string of the molecule is Cc1ncc(C=O)n1-c1ccc(F)cc1. The van der Waals surface area contributed by atoms with E-state index >= 15 is 0 Å². The number of aldehydes is 1. The zero-order chi connectivity index (χ0) is 10.8. The quantitative estimate of drug-likeness (QED) is 0.702. The number of carbonyl (C=O) groups excluding carboxylic acids is 1. The van der Waals surface area contributed by atoms with Gasteiger partial charge in [0.2, 0.25) is 0 Å². The fourth-order valence-electron chi connectivity index (χ4n) is 1.47. The van der Waals surface area contributed by atoms with Crippen molar-refractivity contribution in [1.29, 1.82) is 0 Å². The lowest BCUT2D eigenvalue weighted by Crippen LogP contribution is -2.01. The highest BCUT2D eigenvalue weighted by atomic mass is 19.1. The number of halogens is 1. The number of imidazole rings is 1. The van der Waals surface area contributed by atoms with Crippen LogP contribution in [0.5, 0.6) is 0 Å². The number of rotatable bonds is 2. The number of aromatic nitrogens is 2. The molecule has 0 fully saturated rings. The first-order valence-corrected chi connectivity index (χ1v) is 4.48. The summed E-state index contributed by atoms with van der Waals surface area (Å²) in [4.78, 5) is 14.8. The average molecular weight is 204 g/mol. The van der Waals surface area contributed by atoms with Crippen molar-refractivity contribution in [2.45, 2.75) is 6.92 Å². The molecular weight excluding hydrogens is 195 g/mol. The van der Waals surface area contributed by atoms with Crippen molar-refractivity contribution in [1.82, 2.24) is 9.55 Å². The first kappa shape index (κ1) is 9.58. The standard InChI is InChI=1S/C11H9FN2O/c1-8-13-6-11(7-15)14(8)10-4-2-9(12)3-5-10/h2-7H,1H3. The van der Waals surface area contributed by atoms with Gasteiger partial charge in [0, 0.05) is 5.69 Å². The van der Waals surface area contributed by atoms with Crippen molar-refractivity contribution in [3.05, 3.63) is 47.8 Å². The Morgan fingerprint density at radius 3 is 2.60 bits per heavy atom. The largest absolute Gasteiger partial charge is 0.296 e. The van der Waals surface area contributed by atoms with E-state index in [2.05, 4.69) is 4.98 Å². The third kappa shape index (κ3) is 1.66. The van der Waals surface area contributed by atoms with Crippen molar-refractivity contribution >= 4 is 6.29 Å². The first-order valence-electron chi connectivity index (χ1n) is 4.48. The molecule has 1 aromatic carbocycles. The normalized spacial score (nSPS) is 10.3. The Balaban J connectivity index is 2.57. The van der Waals surface area contributed by atoms with Crippen LogP contribution in [0.3, 0.4) is 0 Å². The lowest BCUT2D eigenvalue weighted by molar-refractivity contribution is 0.111. The van der Waals surface area contributed by atoms with Gasteiger partial charge in [-0.25, -0.2) is 9.37 Å². The molecule has 0 aliphatic rings. The van der Waals surface area contributed by atoms with Gasteiger partial charge >= 0.3 is 0 Å². The summed E-state index contributed by atoms with van der Waals surface area (Å²) in [5.74, 6) is 0.396. The molecule has 0 N–H and O–H groups in total. The van der Waals surface area contributed by atoms with Gasteiger partial charge in [-0.15, -0.1) is 0 Å². The van der Waals surface area contributed by atoms with E-state index in [1.54, 1.807) is 23.6 Å². The molecule has 0 aliphatic carbocycles. The Morgan fingerprint density at radius 2 is 2.00 bits per heavy atom. The van der Waals surface area contributed by atoms with Crippen LogP contribution < -0.4 is 0 Å². The Bertz CT molecular complexity index is 488. The van der Waals surface area contributed by atoms with Gasteiger partial charge in [-0.3, -0.25) is 9.36 Å². The number of aryl methyl sites for hydroxylation is 1. The smallest absolute Gasteiger partial charge is 0.168 e. The molecule has 0 unspecified atom stereocenters. The van der Waals surface area contributed by atoms with Gasteiger partial charge in [-0.1, -0.05) is 0 Å². The molecule has 0 aliphatic heterocycles. The Labute approximate surface area is 86.2 Å². The zero-order valence-corrected chi connectivity index (χ0v) is 8.14. The van der Waals surface area contributed by atoms with Crippen LogP contribution in [0.15, 0.2) is 30.5 Å². The van der Waals surface area contributed by atoms with E-state index in [1.165, 1.54) is 18.3 Å². The summed E-state index contributed by atoms with van der Waals surface area (Å²) >= 11 is 0. The summed E-state index contributed by atoms with van der Waals surface area (Å²) in [6.07, 6.45) is 2.22. The monoisotopic (exact) mass is 204 g/mol. The molecule has 0 atom stereocenters. The molecule has 2 rings (SSSR count). The molecule has 2 aromatic rings. The molecule has 0 amide bonds. The Morgan fingerprint density at radius 1 is 1.33 bits per heavy atom. The minimum absolute atomic E-state index is 0.302. The van der Waals surface area contributed by atoms with Crippen LogP contribution in [-0.2, 0) is 0 Å². The number of hydrogen-bond donors (Lipinski definition) is 0. The van der Waals surface area contributed by atoms with Gasteiger partial charge in [-0.05, 0) is 31.2 Å². The lowest BCUT2D eigenvalue weighted by atomic mass is 10.3. The van der Waals surface area contributed by atoms with Gasteiger partial charge in [-0.2, -0.15) is 0 Å².